The van der Waals surface area contributed by atoms with E-state index in [9.17, 15) is 0 Å². The lowest BCUT2D eigenvalue weighted by Gasteiger charge is -2.38. The molecule has 0 fully saturated rings. The first-order chi connectivity index (χ1) is 24.8. The second-order valence-corrected chi connectivity index (χ2v) is 16.8. The van der Waals surface area contributed by atoms with Crippen LogP contribution in [0.2, 0.25) is 0 Å². The molecule has 6 aromatic rings. The number of nitrogens with zero attached hydrogens (tertiary/aromatic N) is 2. The maximum absolute atomic E-state index is 2.73. The van der Waals surface area contributed by atoms with Crippen LogP contribution in [0.1, 0.15) is 54.0 Å². The van der Waals surface area contributed by atoms with Crippen molar-refractivity contribution in [3.05, 3.63) is 149 Å². The molecule has 3 aliphatic heterocycles. The van der Waals surface area contributed by atoms with E-state index in [1.807, 2.05) is 23.5 Å². The van der Waals surface area contributed by atoms with Crippen molar-refractivity contribution in [3.63, 3.8) is 0 Å². The smallest absolute Gasteiger partial charge is 0.0549 e. The number of thioether (sulfide) groups is 1. The summed E-state index contributed by atoms with van der Waals surface area (Å²) in [5.74, 6) is 0.608. The van der Waals surface area contributed by atoms with Gasteiger partial charge in [-0.3, -0.25) is 0 Å². The lowest BCUT2D eigenvalue weighted by molar-refractivity contribution is 0.523. The summed E-state index contributed by atoms with van der Waals surface area (Å²) in [6.45, 7) is 0. The molecular weight excluding hydrogens is 645 g/mol. The third-order valence-corrected chi connectivity index (χ3v) is 14.4. The summed E-state index contributed by atoms with van der Waals surface area (Å²) in [5, 5.41) is 4.25. The Kier molecular flexibility index (Phi) is 5.87. The monoisotopic (exact) mass is 678 g/mol. The van der Waals surface area contributed by atoms with Crippen molar-refractivity contribution in [1.29, 1.82) is 0 Å². The Morgan fingerprint density at radius 2 is 1.52 bits per heavy atom. The highest BCUT2D eigenvalue weighted by molar-refractivity contribution is 8.03. The van der Waals surface area contributed by atoms with E-state index in [2.05, 4.69) is 137 Å². The first-order valence-corrected chi connectivity index (χ1v) is 19.8. The van der Waals surface area contributed by atoms with Crippen LogP contribution in [0.4, 0.5) is 5.69 Å². The minimum atomic E-state index is 0.366. The molecule has 50 heavy (non-hydrogen) atoms. The fraction of sp³-hybridized carbons (Fsp3) is 0.174. The largest absolute Gasteiger partial charge is 0.357 e. The number of aromatic nitrogens is 1. The number of allylic oxidation sites excluding steroid dienone is 4. The van der Waals surface area contributed by atoms with Gasteiger partial charge in [0.2, 0.25) is 0 Å². The van der Waals surface area contributed by atoms with Gasteiger partial charge in [-0.15, -0.1) is 0 Å². The maximum atomic E-state index is 2.73. The van der Waals surface area contributed by atoms with Crippen molar-refractivity contribution in [1.82, 2.24) is 4.57 Å². The molecule has 0 radical (unpaired) electrons. The number of aryl methyl sites for hydroxylation is 1. The van der Waals surface area contributed by atoms with E-state index in [0.717, 1.165) is 19.3 Å². The van der Waals surface area contributed by atoms with Crippen molar-refractivity contribution >= 4 is 62.5 Å². The van der Waals surface area contributed by atoms with Crippen LogP contribution >= 0.6 is 23.5 Å². The molecule has 4 heterocycles. The molecule has 3 aliphatic carbocycles. The Balaban J connectivity index is 0.939. The van der Waals surface area contributed by atoms with Gasteiger partial charge in [-0.05, 0) is 102 Å². The summed E-state index contributed by atoms with van der Waals surface area (Å²) in [4.78, 5) is 8.36. The number of anilines is 1. The number of hydrogen-bond donors (Lipinski definition) is 0. The van der Waals surface area contributed by atoms with Crippen LogP contribution in [0.25, 0.3) is 50.1 Å². The zero-order valence-corrected chi connectivity index (χ0v) is 29.2. The van der Waals surface area contributed by atoms with E-state index >= 15 is 0 Å². The Hall–Kier alpha value is -4.64. The molecule has 3 unspecified atom stereocenters. The fourth-order valence-corrected chi connectivity index (χ4v) is 12.4. The van der Waals surface area contributed by atoms with Gasteiger partial charge in [0, 0.05) is 65.2 Å². The van der Waals surface area contributed by atoms with Gasteiger partial charge in [0.15, 0.2) is 0 Å². The average molecular weight is 679 g/mol. The highest BCUT2D eigenvalue weighted by Gasteiger charge is 2.41. The first kappa shape index (κ1) is 28.1. The van der Waals surface area contributed by atoms with Crippen LogP contribution < -0.4 is 4.90 Å². The summed E-state index contributed by atoms with van der Waals surface area (Å²) < 4.78 is 2.48. The summed E-state index contributed by atoms with van der Waals surface area (Å²) in [5.41, 5.74) is 13.9. The van der Waals surface area contributed by atoms with Crippen LogP contribution in [-0.2, 0) is 6.42 Å². The van der Waals surface area contributed by atoms with Crippen molar-refractivity contribution in [2.45, 2.75) is 64.8 Å². The zero-order chi connectivity index (χ0) is 32.5. The highest BCUT2D eigenvalue weighted by Crippen LogP contribution is 2.57. The SMILES string of the molecule is C1=Cc2c(c3ccccc3n2-c2ccc3c(c2)Sc2ccc4c5c(ccc-3c25)C2=C(CC(N3c5ccccc5C5CCC=CC53)C=C2)S4)CC1. The van der Waals surface area contributed by atoms with Gasteiger partial charge >= 0.3 is 0 Å². The quantitative estimate of drug-likeness (QED) is 0.168. The lowest BCUT2D eigenvalue weighted by atomic mass is 9.86. The number of benzene rings is 5. The zero-order valence-electron chi connectivity index (χ0n) is 27.6. The van der Waals surface area contributed by atoms with Crippen molar-refractivity contribution in [2.75, 3.05) is 4.90 Å². The van der Waals surface area contributed by atoms with Crippen LogP contribution in [0, 0.1) is 0 Å². The summed E-state index contributed by atoms with van der Waals surface area (Å²) in [6.07, 6.45) is 20.2. The molecule has 4 heteroatoms. The predicted molar refractivity (Wildman–Crippen MR) is 212 cm³/mol. The second-order valence-electron chi connectivity index (χ2n) is 14.6. The Bertz CT molecular complexity index is 2620. The molecule has 0 saturated carbocycles. The minimum absolute atomic E-state index is 0.366. The van der Waals surface area contributed by atoms with Crippen molar-refractivity contribution in [2.24, 2.45) is 0 Å². The van der Waals surface area contributed by atoms with E-state index in [-0.39, 0.29) is 0 Å². The lowest BCUT2D eigenvalue weighted by Crippen LogP contribution is -2.41. The number of para-hydroxylation sites is 2. The number of rotatable bonds is 2. The molecule has 3 atom stereocenters. The van der Waals surface area contributed by atoms with Gasteiger partial charge in [-0.2, -0.15) is 0 Å². The Morgan fingerprint density at radius 1 is 0.680 bits per heavy atom. The van der Waals surface area contributed by atoms with Crippen LogP contribution in [0.5, 0.6) is 0 Å². The molecule has 0 bridgehead atoms. The average Bonchev–Trinajstić information content (AvgIpc) is 3.69. The van der Waals surface area contributed by atoms with Crippen LogP contribution in [0.3, 0.4) is 0 Å². The molecule has 0 N–H and O–H groups in total. The van der Waals surface area contributed by atoms with Crippen molar-refractivity contribution < 1.29 is 0 Å². The molecule has 0 spiro atoms. The number of hydrogen-bond acceptors (Lipinski definition) is 3. The summed E-state index contributed by atoms with van der Waals surface area (Å²) in [6, 6.07) is 35.7. The highest BCUT2D eigenvalue weighted by atomic mass is 32.2. The molecule has 240 valence electrons. The van der Waals surface area contributed by atoms with Crippen LogP contribution in [-0.4, -0.2) is 16.7 Å². The topological polar surface area (TPSA) is 8.17 Å². The fourth-order valence-electron chi connectivity index (χ4n) is 9.96. The summed E-state index contributed by atoms with van der Waals surface area (Å²) >= 11 is 3.96. The standard InChI is InChI=1S/C46H34N2S2/c1-5-13-37-29(9-1)30-10-2-6-14-38(30)47(37)27-17-19-33-35-21-22-36-34-20-18-28(48-39-15-7-3-11-31(39)32-12-4-8-16-40(32)48)26-44(34)50-42-24-23-41(45(35)46(36)42)49-43(33)25-27/h1,3,5-9,11,13-25,28,32,40H,2,4,10,12,26H2. The van der Waals surface area contributed by atoms with E-state index in [1.165, 1.54) is 99.0 Å². The van der Waals surface area contributed by atoms with Gasteiger partial charge in [0.1, 0.15) is 0 Å². The molecule has 0 amide bonds. The molecule has 1 aromatic heterocycles. The number of fused-ring (bicyclic) bond motifs is 9. The predicted octanol–water partition coefficient (Wildman–Crippen LogP) is 12.3. The minimum Gasteiger partial charge on any atom is -0.357 e. The van der Waals surface area contributed by atoms with Gasteiger partial charge in [-0.1, -0.05) is 109 Å². The van der Waals surface area contributed by atoms with E-state index in [1.54, 1.807) is 5.56 Å². The van der Waals surface area contributed by atoms with Crippen molar-refractivity contribution in [3.8, 4) is 16.8 Å². The molecular formula is C46H34N2S2. The van der Waals surface area contributed by atoms with Crippen LogP contribution in [0.15, 0.2) is 141 Å². The van der Waals surface area contributed by atoms with Gasteiger partial charge < -0.3 is 9.47 Å². The van der Waals surface area contributed by atoms with Gasteiger partial charge in [-0.25, -0.2) is 0 Å². The maximum Gasteiger partial charge on any atom is 0.0549 e. The molecule has 5 aromatic carbocycles. The molecule has 12 rings (SSSR count). The van der Waals surface area contributed by atoms with E-state index < -0.39 is 0 Å². The first-order valence-electron chi connectivity index (χ1n) is 18.1. The van der Waals surface area contributed by atoms with Gasteiger partial charge in [0.05, 0.1) is 17.6 Å². The van der Waals surface area contributed by atoms with E-state index in [0.29, 0.717) is 18.0 Å². The normalized spacial score (nSPS) is 22.1. The molecule has 6 aliphatic rings. The third-order valence-electron chi connectivity index (χ3n) is 12.1. The Morgan fingerprint density at radius 3 is 2.50 bits per heavy atom. The third kappa shape index (κ3) is 3.79. The second kappa shape index (κ2) is 10.4. The summed E-state index contributed by atoms with van der Waals surface area (Å²) in [7, 11) is 0. The molecule has 0 saturated heterocycles. The van der Waals surface area contributed by atoms with Gasteiger partial charge in [0.25, 0.3) is 0 Å². The van der Waals surface area contributed by atoms with E-state index in [4.69, 9.17) is 0 Å². The Labute approximate surface area is 300 Å². The molecule has 2 nitrogen and oxygen atoms in total.